The molecule has 0 unspecified atom stereocenters. The van der Waals surface area contributed by atoms with E-state index in [-0.39, 0.29) is 12.3 Å². The predicted octanol–water partition coefficient (Wildman–Crippen LogP) is 7.21. The van der Waals surface area contributed by atoms with Gasteiger partial charge in [0, 0.05) is 0 Å². The average Bonchev–Trinajstić information content (AvgIpc) is 2.77. The Labute approximate surface area is 188 Å². The molecule has 0 saturated carbocycles. The van der Waals surface area contributed by atoms with E-state index in [0.717, 1.165) is 19.3 Å². The number of hydrogen-bond donors (Lipinski definition) is 2. The highest BCUT2D eigenvalue weighted by atomic mass is 16.6. The predicted molar refractivity (Wildman–Crippen MR) is 124 cm³/mol. The smallest absolute Gasteiger partial charge is 0.434 e. The fraction of sp³-hybridized carbons (Fsp3) is 0.720. The minimum atomic E-state index is -0.762. The Morgan fingerprint density at radius 1 is 0.871 bits per heavy atom. The van der Waals surface area contributed by atoms with Gasteiger partial charge < -0.3 is 14.6 Å². The highest BCUT2D eigenvalue weighted by Crippen LogP contribution is 2.26. The van der Waals surface area contributed by atoms with Gasteiger partial charge in [-0.25, -0.2) is 4.79 Å². The van der Waals surface area contributed by atoms with Crippen molar-refractivity contribution < 1.29 is 24.6 Å². The Morgan fingerprint density at radius 2 is 1.39 bits per heavy atom. The monoisotopic (exact) mass is 437 g/mol. The number of amides is 1. The zero-order valence-corrected chi connectivity index (χ0v) is 19.6. The zero-order chi connectivity index (χ0) is 22.7. The third-order valence-electron chi connectivity index (χ3n) is 5.51. The molecule has 0 saturated heterocycles. The summed E-state index contributed by atoms with van der Waals surface area (Å²) in [5.74, 6) is 0.304. The number of phenolic OH excluding ortho intramolecular Hbond substituents is 1. The summed E-state index contributed by atoms with van der Waals surface area (Å²) in [5.41, 5.74) is 0.630. The third kappa shape index (κ3) is 13.1. The number of unbranched alkanes of at least 4 members (excludes halogenated alkanes) is 13. The summed E-state index contributed by atoms with van der Waals surface area (Å²) >= 11 is 0. The van der Waals surface area contributed by atoms with E-state index in [1.165, 1.54) is 83.8 Å². The van der Waals surface area contributed by atoms with Crippen LogP contribution in [0.4, 0.5) is 4.79 Å². The summed E-state index contributed by atoms with van der Waals surface area (Å²) in [6, 6.07) is 4.64. The van der Waals surface area contributed by atoms with Crippen LogP contribution in [0.15, 0.2) is 18.2 Å². The van der Waals surface area contributed by atoms with Crippen molar-refractivity contribution in [2.75, 3.05) is 13.7 Å². The molecule has 1 aromatic carbocycles. The van der Waals surface area contributed by atoms with E-state index in [1.807, 2.05) is 0 Å². The van der Waals surface area contributed by atoms with Gasteiger partial charge >= 0.3 is 6.09 Å². The van der Waals surface area contributed by atoms with Crippen LogP contribution in [0, 0.1) is 0 Å². The molecular weight excluding hydrogens is 394 g/mol. The van der Waals surface area contributed by atoms with Crippen LogP contribution in [0.2, 0.25) is 0 Å². The fourth-order valence-corrected chi connectivity index (χ4v) is 3.59. The molecule has 0 aliphatic heterocycles. The normalized spacial score (nSPS) is 10.8. The molecule has 0 atom stereocenters. The van der Waals surface area contributed by atoms with Crippen LogP contribution in [-0.4, -0.2) is 35.2 Å². The van der Waals surface area contributed by atoms with E-state index in [1.54, 1.807) is 12.1 Å². The highest BCUT2D eigenvalue weighted by molar-refractivity contribution is 5.66. The van der Waals surface area contributed by atoms with Crippen LogP contribution in [0.3, 0.4) is 0 Å². The van der Waals surface area contributed by atoms with Gasteiger partial charge in [-0.2, -0.15) is 5.06 Å². The van der Waals surface area contributed by atoms with Crippen molar-refractivity contribution >= 4 is 6.09 Å². The summed E-state index contributed by atoms with van der Waals surface area (Å²) in [5, 5.41) is 20.0. The number of carbonyl (C=O) groups excluding carboxylic acids is 1. The molecule has 0 spiro atoms. The number of rotatable bonds is 18. The van der Waals surface area contributed by atoms with Crippen molar-refractivity contribution in [3.05, 3.63) is 23.8 Å². The van der Waals surface area contributed by atoms with Crippen LogP contribution in [0.5, 0.6) is 11.5 Å². The van der Waals surface area contributed by atoms with Crippen LogP contribution in [-0.2, 0) is 11.3 Å². The minimum absolute atomic E-state index is 0.0103. The van der Waals surface area contributed by atoms with Gasteiger partial charge in [-0.3, -0.25) is 5.21 Å². The molecular formula is C25H43NO5. The van der Waals surface area contributed by atoms with Crippen LogP contribution in [0.1, 0.15) is 102 Å². The Balaban J connectivity index is 1.96. The molecule has 0 aliphatic carbocycles. The molecule has 1 rings (SSSR count). The number of ether oxygens (including phenoxy) is 2. The number of hydrogen-bond acceptors (Lipinski definition) is 5. The Bertz CT molecular complexity index is 593. The number of benzene rings is 1. The highest BCUT2D eigenvalue weighted by Gasteiger charge is 2.14. The lowest BCUT2D eigenvalue weighted by molar-refractivity contribution is -0.0812. The van der Waals surface area contributed by atoms with E-state index >= 15 is 0 Å². The summed E-state index contributed by atoms with van der Waals surface area (Å²) in [7, 11) is 1.44. The molecule has 0 heterocycles. The van der Waals surface area contributed by atoms with Crippen molar-refractivity contribution in [2.45, 2.75) is 103 Å². The van der Waals surface area contributed by atoms with Crippen molar-refractivity contribution in [1.29, 1.82) is 0 Å². The molecule has 0 aromatic heterocycles. The van der Waals surface area contributed by atoms with Gasteiger partial charge in [0.05, 0.1) is 20.3 Å². The molecule has 31 heavy (non-hydrogen) atoms. The molecule has 2 N–H and O–H groups in total. The first-order valence-corrected chi connectivity index (χ1v) is 12.1. The quantitative estimate of drug-likeness (QED) is 0.144. The lowest BCUT2D eigenvalue weighted by atomic mass is 10.0. The van der Waals surface area contributed by atoms with E-state index in [9.17, 15) is 15.1 Å². The molecule has 178 valence electrons. The maximum absolute atomic E-state index is 11.9. The summed E-state index contributed by atoms with van der Waals surface area (Å²) in [6.45, 7) is 2.54. The molecule has 6 nitrogen and oxygen atoms in total. The molecule has 0 fully saturated rings. The van der Waals surface area contributed by atoms with Gasteiger partial charge in [0.1, 0.15) is 0 Å². The summed E-state index contributed by atoms with van der Waals surface area (Å²) in [6.07, 6.45) is 17.1. The van der Waals surface area contributed by atoms with Gasteiger partial charge in [0.25, 0.3) is 0 Å². The Morgan fingerprint density at radius 3 is 1.90 bits per heavy atom. The van der Waals surface area contributed by atoms with Crippen molar-refractivity contribution in [1.82, 2.24) is 5.06 Å². The summed E-state index contributed by atoms with van der Waals surface area (Å²) < 4.78 is 10.1. The van der Waals surface area contributed by atoms with Crippen LogP contribution < -0.4 is 4.74 Å². The van der Waals surface area contributed by atoms with Crippen LogP contribution >= 0.6 is 0 Å². The fourth-order valence-electron chi connectivity index (χ4n) is 3.59. The molecule has 1 amide bonds. The van der Waals surface area contributed by atoms with Gasteiger partial charge in [-0.15, -0.1) is 0 Å². The maximum Gasteiger partial charge on any atom is 0.434 e. The first-order valence-electron chi connectivity index (χ1n) is 12.1. The van der Waals surface area contributed by atoms with E-state index in [4.69, 9.17) is 9.47 Å². The average molecular weight is 438 g/mol. The molecule has 0 bridgehead atoms. The zero-order valence-electron chi connectivity index (χ0n) is 19.6. The van der Waals surface area contributed by atoms with E-state index in [0.29, 0.717) is 23.0 Å². The number of aromatic hydroxyl groups is 1. The van der Waals surface area contributed by atoms with E-state index < -0.39 is 6.09 Å². The van der Waals surface area contributed by atoms with Crippen molar-refractivity contribution in [3.63, 3.8) is 0 Å². The van der Waals surface area contributed by atoms with Crippen molar-refractivity contribution in [3.8, 4) is 11.5 Å². The van der Waals surface area contributed by atoms with Gasteiger partial charge in [-0.05, 0) is 24.1 Å². The SMILES string of the molecule is CCCCCCCCCCCCCCCCOC(=O)N(O)Cc1ccc(O)c(OC)c1. The second-order valence-corrected chi connectivity index (χ2v) is 8.27. The minimum Gasteiger partial charge on any atom is -0.504 e. The maximum atomic E-state index is 11.9. The molecule has 0 radical (unpaired) electrons. The number of phenols is 1. The third-order valence-corrected chi connectivity index (χ3v) is 5.51. The number of nitrogens with zero attached hydrogens (tertiary/aromatic N) is 1. The number of methoxy groups -OCH3 is 1. The molecule has 6 heteroatoms. The largest absolute Gasteiger partial charge is 0.504 e. The molecule has 1 aromatic rings. The standard InChI is InChI=1S/C25H43NO5/c1-3-4-5-6-7-8-9-10-11-12-13-14-15-16-19-31-25(28)26(29)21-22-17-18-23(27)24(20-22)30-2/h17-18,20,27,29H,3-16,19,21H2,1-2H3. The van der Waals surface area contributed by atoms with Crippen LogP contribution in [0.25, 0.3) is 0 Å². The van der Waals surface area contributed by atoms with Gasteiger partial charge in [0.15, 0.2) is 11.5 Å². The van der Waals surface area contributed by atoms with Gasteiger partial charge in [0.2, 0.25) is 0 Å². The topological polar surface area (TPSA) is 79.2 Å². The summed E-state index contributed by atoms with van der Waals surface area (Å²) in [4.78, 5) is 11.9. The second kappa shape index (κ2) is 17.7. The lowest BCUT2D eigenvalue weighted by Gasteiger charge is -2.15. The Kier molecular flexibility index (Phi) is 15.5. The number of carbonyl (C=O) groups is 1. The second-order valence-electron chi connectivity index (χ2n) is 8.27. The Hall–Kier alpha value is -1.95. The first-order chi connectivity index (χ1) is 15.1. The lowest BCUT2D eigenvalue weighted by Crippen LogP contribution is -2.28. The van der Waals surface area contributed by atoms with Gasteiger partial charge in [-0.1, -0.05) is 96.5 Å². The first kappa shape index (κ1) is 27.1. The van der Waals surface area contributed by atoms with Crippen molar-refractivity contribution in [2.24, 2.45) is 0 Å². The molecule has 0 aliphatic rings. The number of hydroxylamine groups is 2. The van der Waals surface area contributed by atoms with E-state index in [2.05, 4.69) is 6.92 Å².